The topological polar surface area (TPSA) is 53.1 Å². The van der Waals surface area contributed by atoms with Gasteiger partial charge >= 0.3 is 0 Å². The van der Waals surface area contributed by atoms with Crippen LogP contribution in [-0.4, -0.2) is 34.5 Å². The Balaban J connectivity index is 1.44. The Kier molecular flexibility index (Phi) is 5.24. The lowest BCUT2D eigenvalue weighted by atomic mass is 10.1. The lowest BCUT2D eigenvalue weighted by Crippen LogP contribution is -2.45. The molecule has 3 heterocycles. The van der Waals surface area contributed by atoms with Crippen LogP contribution in [0.25, 0.3) is 0 Å². The number of aromatic nitrogens is 2. The van der Waals surface area contributed by atoms with E-state index in [0.29, 0.717) is 6.04 Å². The highest BCUT2D eigenvalue weighted by Gasteiger charge is 2.24. The van der Waals surface area contributed by atoms with Gasteiger partial charge in [0.2, 0.25) is 0 Å². The van der Waals surface area contributed by atoms with Gasteiger partial charge in [0, 0.05) is 55.7 Å². The summed E-state index contributed by atoms with van der Waals surface area (Å²) in [7, 11) is 0. The van der Waals surface area contributed by atoms with E-state index in [4.69, 9.17) is 4.98 Å². The second-order valence-corrected chi connectivity index (χ2v) is 7.47. The summed E-state index contributed by atoms with van der Waals surface area (Å²) >= 11 is 1.66. The van der Waals surface area contributed by atoms with E-state index in [2.05, 4.69) is 63.2 Å². The maximum Gasteiger partial charge on any atom is 0.187 e. The van der Waals surface area contributed by atoms with Crippen molar-refractivity contribution in [3.05, 3.63) is 71.0 Å². The number of aryl methyl sites for hydroxylation is 1. The molecule has 0 saturated carbocycles. The zero-order chi connectivity index (χ0) is 17.8. The standard InChI is InChI=1S/C20H23N5S/c1-15-4-6-17(7-5-15)23-20-24-18(14-26-20)13-25-10-9-22-12-19(25)16-3-2-8-21-11-16/h2-8,11,14,19,22H,9-10,12-13H2,1H3,(H,23,24). The Morgan fingerprint density at radius 2 is 2.15 bits per heavy atom. The number of anilines is 2. The average molecular weight is 366 g/mol. The predicted molar refractivity (Wildman–Crippen MR) is 107 cm³/mol. The molecule has 1 aliphatic rings. The molecule has 2 N–H and O–H groups in total. The first-order valence-corrected chi connectivity index (χ1v) is 9.79. The zero-order valence-corrected chi connectivity index (χ0v) is 15.7. The lowest BCUT2D eigenvalue weighted by molar-refractivity contribution is 0.152. The molecule has 4 rings (SSSR count). The van der Waals surface area contributed by atoms with Crippen molar-refractivity contribution in [3.8, 4) is 0 Å². The van der Waals surface area contributed by atoms with Gasteiger partial charge in [-0.25, -0.2) is 4.98 Å². The molecule has 1 aromatic carbocycles. The Morgan fingerprint density at radius 1 is 1.27 bits per heavy atom. The first-order chi connectivity index (χ1) is 12.8. The molecule has 2 aromatic heterocycles. The van der Waals surface area contributed by atoms with Gasteiger partial charge in [-0.1, -0.05) is 23.8 Å². The number of rotatable bonds is 5. The first kappa shape index (κ1) is 17.1. The van der Waals surface area contributed by atoms with Gasteiger partial charge in [-0.15, -0.1) is 11.3 Å². The smallest absolute Gasteiger partial charge is 0.187 e. The number of nitrogens with zero attached hydrogens (tertiary/aromatic N) is 3. The molecule has 0 spiro atoms. The summed E-state index contributed by atoms with van der Waals surface area (Å²) in [5.74, 6) is 0. The minimum absolute atomic E-state index is 0.340. The molecule has 1 saturated heterocycles. The summed E-state index contributed by atoms with van der Waals surface area (Å²) in [6, 6.07) is 12.9. The van der Waals surface area contributed by atoms with Crippen molar-refractivity contribution in [3.63, 3.8) is 0 Å². The van der Waals surface area contributed by atoms with Crippen molar-refractivity contribution < 1.29 is 0 Å². The third-order valence-electron chi connectivity index (χ3n) is 4.64. The molecule has 1 aliphatic heterocycles. The molecular weight excluding hydrogens is 342 g/mol. The van der Waals surface area contributed by atoms with E-state index in [0.717, 1.165) is 42.7 Å². The van der Waals surface area contributed by atoms with Gasteiger partial charge in [0.1, 0.15) is 0 Å². The SMILES string of the molecule is Cc1ccc(Nc2nc(CN3CCNCC3c3cccnc3)cs2)cc1. The van der Waals surface area contributed by atoms with Gasteiger partial charge in [-0.3, -0.25) is 9.88 Å². The molecule has 0 radical (unpaired) electrons. The van der Waals surface area contributed by atoms with Crippen molar-refractivity contribution in [1.29, 1.82) is 0 Å². The summed E-state index contributed by atoms with van der Waals surface area (Å²) in [6.45, 7) is 5.92. The van der Waals surface area contributed by atoms with E-state index in [9.17, 15) is 0 Å². The number of hydrogen-bond donors (Lipinski definition) is 2. The molecular formula is C20H23N5S. The molecule has 0 bridgehead atoms. The number of nitrogens with one attached hydrogen (secondary N) is 2. The number of thiazole rings is 1. The molecule has 0 aliphatic carbocycles. The molecule has 1 atom stereocenters. The highest BCUT2D eigenvalue weighted by Crippen LogP contribution is 2.26. The van der Waals surface area contributed by atoms with Crippen molar-refractivity contribution in [1.82, 2.24) is 20.2 Å². The lowest BCUT2D eigenvalue weighted by Gasteiger charge is -2.35. The number of piperazine rings is 1. The summed E-state index contributed by atoms with van der Waals surface area (Å²) in [4.78, 5) is 11.5. The van der Waals surface area contributed by atoms with Gasteiger partial charge in [0.25, 0.3) is 0 Å². The molecule has 0 amide bonds. The van der Waals surface area contributed by atoms with E-state index in [1.165, 1.54) is 11.1 Å². The van der Waals surface area contributed by atoms with Gasteiger partial charge in [-0.05, 0) is 30.7 Å². The molecule has 26 heavy (non-hydrogen) atoms. The van der Waals surface area contributed by atoms with Gasteiger partial charge in [-0.2, -0.15) is 0 Å². The van der Waals surface area contributed by atoms with Crippen LogP contribution in [-0.2, 0) is 6.54 Å². The Morgan fingerprint density at radius 3 is 2.96 bits per heavy atom. The fraction of sp³-hybridized carbons (Fsp3) is 0.300. The quantitative estimate of drug-likeness (QED) is 0.721. The normalized spacial score (nSPS) is 18.0. The fourth-order valence-corrected chi connectivity index (χ4v) is 3.96. The Labute approximate surface area is 158 Å². The molecule has 134 valence electrons. The van der Waals surface area contributed by atoms with E-state index in [1.807, 2.05) is 18.5 Å². The summed E-state index contributed by atoms with van der Waals surface area (Å²) in [5, 5.41) is 9.98. The third-order valence-corrected chi connectivity index (χ3v) is 5.45. The van der Waals surface area contributed by atoms with Crippen LogP contribution in [0, 0.1) is 6.92 Å². The van der Waals surface area contributed by atoms with Crippen molar-refractivity contribution in [2.45, 2.75) is 19.5 Å². The molecule has 5 nitrogen and oxygen atoms in total. The number of hydrogen-bond acceptors (Lipinski definition) is 6. The van der Waals surface area contributed by atoms with Crippen LogP contribution in [0.1, 0.15) is 22.9 Å². The maximum atomic E-state index is 4.78. The van der Waals surface area contributed by atoms with Gasteiger partial charge < -0.3 is 10.6 Å². The van der Waals surface area contributed by atoms with Crippen LogP contribution < -0.4 is 10.6 Å². The van der Waals surface area contributed by atoms with Crippen LogP contribution in [0.15, 0.2) is 54.2 Å². The molecule has 6 heteroatoms. The summed E-state index contributed by atoms with van der Waals surface area (Å²) in [6.07, 6.45) is 3.80. The third kappa shape index (κ3) is 4.09. The minimum Gasteiger partial charge on any atom is -0.332 e. The minimum atomic E-state index is 0.340. The van der Waals surface area contributed by atoms with Gasteiger partial charge in [0.15, 0.2) is 5.13 Å². The van der Waals surface area contributed by atoms with Crippen LogP contribution in [0.3, 0.4) is 0 Å². The molecule has 3 aromatic rings. The molecule has 1 fully saturated rings. The monoisotopic (exact) mass is 365 g/mol. The summed E-state index contributed by atoms with van der Waals surface area (Å²) < 4.78 is 0. The average Bonchev–Trinajstić information content (AvgIpc) is 3.12. The molecule has 1 unspecified atom stereocenters. The highest BCUT2D eigenvalue weighted by atomic mass is 32.1. The largest absolute Gasteiger partial charge is 0.332 e. The van der Waals surface area contributed by atoms with Crippen LogP contribution in [0.5, 0.6) is 0 Å². The van der Waals surface area contributed by atoms with Crippen LogP contribution >= 0.6 is 11.3 Å². The van der Waals surface area contributed by atoms with E-state index in [-0.39, 0.29) is 0 Å². The van der Waals surface area contributed by atoms with Crippen LogP contribution in [0.2, 0.25) is 0 Å². The van der Waals surface area contributed by atoms with Crippen molar-refractivity contribution in [2.24, 2.45) is 0 Å². The second-order valence-electron chi connectivity index (χ2n) is 6.61. The van der Waals surface area contributed by atoms with E-state index >= 15 is 0 Å². The summed E-state index contributed by atoms with van der Waals surface area (Å²) in [5.41, 5.74) is 4.70. The van der Waals surface area contributed by atoms with Crippen molar-refractivity contribution in [2.75, 3.05) is 25.0 Å². The second kappa shape index (κ2) is 7.95. The predicted octanol–water partition coefficient (Wildman–Crippen LogP) is 3.74. The highest BCUT2D eigenvalue weighted by molar-refractivity contribution is 7.13. The van der Waals surface area contributed by atoms with Gasteiger partial charge in [0.05, 0.1) is 5.69 Å². The number of pyridine rings is 1. The Hall–Kier alpha value is -2.28. The first-order valence-electron chi connectivity index (χ1n) is 8.91. The van der Waals surface area contributed by atoms with E-state index in [1.54, 1.807) is 11.3 Å². The van der Waals surface area contributed by atoms with E-state index < -0.39 is 0 Å². The fourth-order valence-electron chi connectivity index (χ4n) is 3.24. The Bertz CT molecular complexity index is 831. The van der Waals surface area contributed by atoms with Crippen molar-refractivity contribution >= 4 is 22.2 Å². The maximum absolute atomic E-state index is 4.78. The van der Waals surface area contributed by atoms with Crippen LogP contribution in [0.4, 0.5) is 10.8 Å². The zero-order valence-electron chi connectivity index (χ0n) is 14.9. The number of benzene rings is 1.